The minimum Gasteiger partial charge on any atom is -0.474 e. The lowest BCUT2D eigenvalue weighted by molar-refractivity contribution is 0.0123. The van der Waals surface area contributed by atoms with Crippen molar-refractivity contribution >= 4 is 34.7 Å². The smallest absolute Gasteiger partial charge is 0.413 e. The van der Waals surface area contributed by atoms with E-state index in [0.717, 1.165) is 42.7 Å². The van der Waals surface area contributed by atoms with Crippen LogP contribution in [-0.2, 0) is 14.2 Å². The standard InChI is InChI=1S/C38H50N8O7/c1-37(2,3)52-35(47)40-34-33-30(23-29(41-42-33)28-10-8-9-11-31(28)50-24-49-7)46(43-34)25-13-18-44(19-14-25)26-12-17-39-32(22-26)51-27-15-20-45(21-16-27)36(48)53-38(4,5)6/h8-12,17,22-23,25,27H,13-16,18-21,24H2,1-7H3,(H,40,43,47). The van der Waals surface area contributed by atoms with Crippen LogP contribution in [0, 0.1) is 0 Å². The number of fused-ring (bicyclic) bond motifs is 1. The molecule has 5 heterocycles. The summed E-state index contributed by atoms with van der Waals surface area (Å²) < 4.78 is 30.2. The zero-order valence-corrected chi connectivity index (χ0v) is 31.6. The van der Waals surface area contributed by atoms with Gasteiger partial charge in [0.25, 0.3) is 0 Å². The summed E-state index contributed by atoms with van der Waals surface area (Å²) in [6.07, 6.45) is 3.82. The number of rotatable bonds is 9. The van der Waals surface area contributed by atoms with Gasteiger partial charge in [0, 0.05) is 69.6 Å². The molecule has 2 aliphatic rings. The van der Waals surface area contributed by atoms with Crippen molar-refractivity contribution < 1.29 is 33.3 Å². The van der Waals surface area contributed by atoms with E-state index in [1.165, 1.54) is 0 Å². The third kappa shape index (κ3) is 9.63. The molecule has 1 aromatic carbocycles. The molecule has 1 N–H and O–H groups in total. The third-order valence-electron chi connectivity index (χ3n) is 8.84. The van der Waals surface area contributed by atoms with E-state index in [0.29, 0.717) is 48.8 Å². The summed E-state index contributed by atoms with van der Waals surface area (Å²) in [6.45, 7) is 13.8. The van der Waals surface area contributed by atoms with E-state index in [2.05, 4.69) is 25.4 Å². The number of aromatic nitrogens is 5. The molecule has 2 amide bonds. The molecule has 0 saturated carbocycles. The van der Waals surface area contributed by atoms with Gasteiger partial charge in [0.2, 0.25) is 5.88 Å². The number of hydrogen-bond donors (Lipinski definition) is 1. The molecule has 2 saturated heterocycles. The summed E-state index contributed by atoms with van der Waals surface area (Å²) >= 11 is 0. The Bertz CT molecular complexity index is 1890. The second-order valence-electron chi connectivity index (χ2n) is 15.3. The molecule has 6 rings (SSSR count). The molecule has 0 aliphatic carbocycles. The highest BCUT2D eigenvalue weighted by atomic mass is 16.7. The molecule has 0 spiro atoms. The van der Waals surface area contributed by atoms with Gasteiger partial charge in [-0.15, -0.1) is 10.2 Å². The van der Waals surface area contributed by atoms with Crippen LogP contribution in [0.3, 0.4) is 0 Å². The van der Waals surface area contributed by atoms with Crippen LogP contribution in [0.5, 0.6) is 11.6 Å². The topological polar surface area (TPSA) is 155 Å². The lowest BCUT2D eigenvalue weighted by Crippen LogP contribution is -2.44. The van der Waals surface area contributed by atoms with E-state index in [1.807, 2.05) is 88.7 Å². The number of nitrogens with zero attached hydrogens (tertiary/aromatic N) is 7. The SMILES string of the molecule is COCOc1ccccc1-c1cc2c(nn1)c(NC(=O)OC(C)(C)C)nn2C1CCN(c2ccnc(OC3CCN(C(=O)OC(C)(C)C)CC3)c2)CC1. The predicted molar refractivity (Wildman–Crippen MR) is 199 cm³/mol. The van der Waals surface area contributed by atoms with E-state index in [1.54, 1.807) is 18.2 Å². The average Bonchev–Trinajstić information content (AvgIpc) is 3.47. The number of carbonyl (C=O) groups excluding carboxylic acids is 2. The lowest BCUT2D eigenvalue weighted by atomic mass is 10.0. The molecule has 0 unspecified atom stereocenters. The fourth-order valence-corrected chi connectivity index (χ4v) is 6.44. The van der Waals surface area contributed by atoms with Crippen LogP contribution < -0.4 is 19.7 Å². The highest BCUT2D eigenvalue weighted by Crippen LogP contribution is 2.35. The van der Waals surface area contributed by atoms with Crippen molar-refractivity contribution in [3.63, 3.8) is 0 Å². The predicted octanol–water partition coefficient (Wildman–Crippen LogP) is 6.84. The van der Waals surface area contributed by atoms with Crippen molar-refractivity contribution in [3.05, 3.63) is 48.7 Å². The van der Waals surface area contributed by atoms with Crippen molar-refractivity contribution in [1.29, 1.82) is 0 Å². The molecule has 53 heavy (non-hydrogen) atoms. The first-order chi connectivity index (χ1) is 25.3. The molecule has 0 radical (unpaired) electrons. The quantitative estimate of drug-likeness (QED) is 0.179. The molecule has 2 fully saturated rings. The third-order valence-corrected chi connectivity index (χ3v) is 8.84. The number of hydrogen-bond acceptors (Lipinski definition) is 12. The molecule has 0 bridgehead atoms. The minimum atomic E-state index is -0.683. The van der Waals surface area contributed by atoms with E-state index in [-0.39, 0.29) is 30.8 Å². The molecule has 284 valence electrons. The molecule has 3 aromatic heterocycles. The summed E-state index contributed by atoms with van der Waals surface area (Å²) in [5, 5.41) is 16.7. The van der Waals surface area contributed by atoms with E-state index in [9.17, 15) is 9.59 Å². The lowest BCUT2D eigenvalue weighted by Gasteiger charge is -2.34. The normalized spacial score (nSPS) is 16.1. The van der Waals surface area contributed by atoms with Crippen LogP contribution in [-0.4, -0.2) is 99.4 Å². The van der Waals surface area contributed by atoms with Crippen LogP contribution in [0.25, 0.3) is 22.3 Å². The van der Waals surface area contributed by atoms with Crippen LogP contribution >= 0.6 is 0 Å². The largest absolute Gasteiger partial charge is 0.474 e. The van der Waals surface area contributed by atoms with Gasteiger partial charge in [0.05, 0.1) is 17.3 Å². The van der Waals surface area contributed by atoms with Crippen LogP contribution in [0.15, 0.2) is 48.7 Å². The van der Waals surface area contributed by atoms with Gasteiger partial charge in [-0.1, -0.05) is 12.1 Å². The number of para-hydroxylation sites is 1. The number of nitrogens with one attached hydrogen (secondary N) is 1. The fourth-order valence-electron chi connectivity index (χ4n) is 6.44. The highest BCUT2D eigenvalue weighted by Gasteiger charge is 2.30. The maximum absolute atomic E-state index is 12.8. The van der Waals surface area contributed by atoms with Crippen molar-refractivity contribution in [3.8, 4) is 22.9 Å². The monoisotopic (exact) mass is 730 g/mol. The number of carbonyl (C=O) groups is 2. The van der Waals surface area contributed by atoms with Crippen molar-refractivity contribution in [1.82, 2.24) is 29.9 Å². The summed E-state index contributed by atoms with van der Waals surface area (Å²) in [5.41, 5.74) is 2.38. The number of piperidine rings is 2. The molecule has 15 heteroatoms. The Hall–Kier alpha value is -5.18. The fraction of sp³-hybridized carbons (Fsp3) is 0.526. The number of methoxy groups -OCH3 is 1. The Morgan fingerprint density at radius 2 is 1.60 bits per heavy atom. The van der Waals surface area contributed by atoms with E-state index in [4.69, 9.17) is 28.8 Å². The molecule has 2 aliphatic heterocycles. The highest BCUT2D eigenvalue weighted by molar-refractivity contribution is 5.96. The van der Waals surface area contributed by atoms with Gasteiger partial charge in [-0.05, 0) is 78.6 Å². The zero-order valence-electron chi connectivity index (χ0n) is 31.6. The molecule has 0 atom stereocenters. The zero-order chi connectivity index (χ0) is 37.8. The van der Waals surface area contributed by atoms with Crippen molar-refractivity contribution in [2.75, 3.05) is 50.3 Å². The summed E-state index contributed by atoms with van der Waals surface area (Å²) in [7, 11) is 1.57. The van der Waals surface area contributed by atoms with Crippen molar-refractivity contribution in [2.45, 2.75) is 90.6 Å². The van der Waals surface area contributed by atoms with Crippen LogP contribution in [0.4, 0.5) is 21.1 Å². The molecular weight excluding hydrogens is 680 g/mol. The number of benzene rings is 1. The first kappa shape index (κ1) is 37.6. The van der Waals surface area contributed by atoms with Gasteiger partial charge in [-0.25, -0.2) is 14.6 Å². The average molecular weight is 731 g/mol. The van der Waals surface area contributed by atoms with E-state index >= 15 is 0 Å². The van der Waals surface area contributed by atoms with E-state index < -0.39 is 17.3 Å². The maximum atomic E-state index is 12.8. The van der Waals surface area contributed by atoms with Gasteiger partial charge in [0.1, 0.15) is 23.1 Å². The first-order valence-corrected chi connectivity index (χ1v) is 18.1. The van der Waals surface area contributed by atoms with Gasteiger partial charge >= 0.3 is 12.2 Å². The first-order valence-electron chi connectivity index (χ1n) is 18.1. The number of pyridine rings is 1. The maximum Gasteiger partial charge on any atom is 0.413 e. The Labute approximate surface area is 309 Å². The van der Waals surface area contributed by atoms with Gasteiger partial charge < -0.3 is 33.5 Å². The Morgan fingerprint density at radius 1 is 0.887 bits per heavy atom. The Kier molecular flexibility index (Phi) is 11.2. The Balaban J connectivity index is 1.16. The van der Waals surface area contributed by atoms with Crippen LogP contribution in [0.2, 0.25) is 0 Å². The molecule has 15 nitrogen and oxygen atoms in total. The van der Waals surface area contributed by atoms with Gasteiger partial charge in [-0.2, -0.15) is 5.10 Å². The molecular formula is C38H50N8O7. The molecule has 4 aromatic rings. The second kappa shape index (κ2) is 15.8. The summed E-state index contributed by atoms with van der Waals surface area (Å²) in [6, 6.07) is 13.5. The van der Waals surface area contributed by atoms with Crippen molar-refractivity contribution in [2.24, 2.45) is 0 Å². The van der Waals surface area contributed by atoms with Gasteiger partial charge in [0.15, 0.2) is 18.1 Å². The van der Waals surface area contributed by atoms with Crippen LogP contribution in [0.1, 0.15) is 73.3 Å². The number of likely N-dealkylation sites (tertiary alicyclic amines) is 1. The summed E-state index contributed by atoms with van der Waals surface area (Å²) in [4.78, 5) is 33.9. The minimum absolute atomic E-state index is 0.0210. The van der Waals surface area contributed by atoms with Gasteiger partial charge in [-0.3, -0.25) is 10.00 Å². The summed E-state index contributed by atoms with van der Waals surface area (Å²) in [5.74, 6) is 1.46. The number of anilines is 2. The number of ether oxygens (including phenoxy) is 5. The Morgan fingerprint density at radius 3 is 2.30 bits per heavy atom. The second-order valence-corrected chi connectivity index (χ2v) is 15.3. The number of amides is 2.